The lowest BCUT2D eigenvalue weighted by molar-refractivity contribution is -0.115. The van der Waals surface area contributed by atoms with Crippen molar-refractivity contribution in [2.24, 2.45) is 0 Å². The number of ether oxygens (including phenoxy) is 3. The molecule has 0 N–H and O–H groups in total. The highest BCUT2D eigenvalue weighted by Gasteiger charge is 2.33. The fourth-order valence-corrected chi connectivity index (χ4v) is 5.24. The Hall–Kier alpha value is -3.81. The summed E-state index contributed by atoms with van der Waals surface area (Å²) >= 11 is 6.33. The molecule has 2 amide bonds. The fourth-order valence-electron chi connectivity index (χ4n) is 5.08. The molecular formula is C35H41ClN2O5. The second-order valence-corrected chi connectivity index (χ2v) is 11.8. The molecule has 43 heavy (non-hydrogen) atoms. The van der Waals surface area contributed by atoms with Crippen LogP contribution in [0.25, 0.3) is 16.7 Å². The summed E-state index contributed by atoms with van der Waals surface area (Å²) in [5.74, 6) is 0.326. The van der Waals surface area contributed by atoms with Gasteiger partial charge in [0.2, 0.25) is 0 Å². The number of carbonyl (C=O) groups is 2. The molecular weight excluding hydrogens is 564 g/mol. The lowest BCUT2D eigenvalue weighted by Crippen LogP contribution is -2.44. The van der Waals surface area contributed by atoms with E-state index >= 15 is 0 Å². The van der Waals surface area contributed by atoms with E-state index in [0.29, 0.717) is 61.2 Å². The van der Waals surface area contributed by atoms with E-state index in [-0.39, 0.29) is 12.5 Å². The molecule has 3 aromatic carbocycles. The molecule has 8 heteroatoms. The molecule has 0 atom stereocenters. The molecule has 1 aliphatic rings. The van der Waals surface area contributed by atoms with Gasteiger partial charge < -0.3 is 24.0 Å². The normalized spacial score (nSPS) is 13.6. The molecule has 0 saturated heterocycles. The maximum atomic E-state index is 14.5. The monoisotopic (exact) mass is 604 g/mol. The minimum absolute atomic E-state index is 0.132. The summed E-state index contributed by atoms with van der Waals surface area (Å²) in [5.41, 5.74) is 4.54. The average molecular weight is 605 g/mol. The number of carbonyl (C=O) groups excluding carboxylic acids is 2. The first-order chi connectivity index (χ1) is 20.6. The summed E-state index contributed by atoms with van der Waals surface area (Å²) < 4.78 is 16.9. The molecule has 7 nitrogen and oxygen atoms in total. The van der Waals surface area contributed by atoms with Crippen LogP contribution < -0.4 is 9.64 Å². The van der Waals surface area contributed by atoms with Crippen LogP contribution in [0, 0.1) is 0 Å². The van der Waals surface area contributed by atoms with Gasteiger partial charge in [0.1, 0.15) is 11.4 Å². The molecule has 0 aromatic heterocycles. The highest BCUT2D eigenvalue weighted by molar-refractivity contribution is 6.31. The third-order valence-electron chi connectivity index (χ3n) is 7.10. The van der Waals surface area contributed by atoms with Crippen molar-refractivity contribution in [3.63, 3.8) is 0 Å². The van der Waals surface area contributed by atoms with Crippen molar-refractivity contribution >= 4 is 34.9 Å². The van der Waals surface area contributed by atoms with Crippen LogP contribution in [-0.4, -0.2) is 62.5 Å². The van der Waals surface area contributed by atoms with E-state index in [4.69, 9.17) is 25.8 Å². The highest BCUT2D eigenvalue weighted by Crippen LogP contribution is 2.36. The third-order valence-corrected chi connectivity index (χ3v) is 7.33. The summed E-state index contributed by atoms with van der Waals surface area (Å²) in [5, 5.41) is 0.514. The minimum Gasteiger partial charge on any atom is -0.491 e. The third kappa shape index (κ3) is 8.39. The molecule has 3 aromatic rings. The molecule has 1 heterocycles. The van der Waals surface area contributed by atoms with E-state index in [1.54, 1.807) is 35.1 Å². The zero-order chi connectivity index (χ0) is 31.0. The van der Waals surface area contributed by atoms with E-state index < -0.39 is 11.7 Å². The van der Waals surface area contributed by atoms with Crippen LogP contribution in [0.15, 0.2) is 78.4 Å². The number of methoxy groups -OCH3 is 1. The molecule has 0 aliphatic carbocycles. The first-order valence-corrected chi connectivity index (χ1v) is 15.1. The fraction of sp³-hybridized carbons (Fsp3) is 0.371. The van der Waals surface area contributed by atoms with Crippen LogP contribution >= 0.6 is 11.6 Å². The van der Waals surface area contributed by atoms with Crippen molar-refractivity contribution in [3.05, 3.63) is 89.0 Å². The average Bonchev–Trinajstić information content (AvgIpc) is 3.00. The maximum absolute atomic E-state index is 14.5. The van der Waals surface area contributed by atoms with E-state index in [0.717, 1.165) is 22.3 Å². The smallest absolute Gasteiger partial charge is 0.410 e. The van der Waals surface area contributed by atoms with Gasteiger partial charge in [0, 0.05) is 49.9 Å². The van der Waals surface area contributed by atoms with Gasteiger partial charge in [-0.05, 0) is 74.6 Å². The summed E-state index contributed by atoms with van der Waals surface area (Å²) in [6.07, 6.45) is 0.768. The summed E-state index contributed by atoms with van der Waals surface area (Å²) in [7, 11) is 1.65. The number of nitrogens with zero attached hydrogens (tertiary/aromatic N) is 2. The van der Waals surface area contributed by atoms with Crippen LogP contribution in [0.4, 0.5) is 10.5 Å². The molecule has 1 aliphatic heterocycles. The van der Waals surface area contributed by atoms with E-state index in [9.17, 15) is 9.59 Å². The van der Waals surface area contributed by atoms with Gasteiger partial charge in [0.15, 0.2) is 0 Å². The van der Waals surface area contributed by atoms with Crippen LogP contribution in [0.5, 0.6) is 5.75 Å². The summed E-state index contributed by atoms with van der Waals surface area (Å²) in [6, 6.07) is 23.6. The lowest BCUT2D eigenvalue weighted by atomic mass is 9.90. The van der Waals surface area contributed by atoms with Crippen molar-refractivity contribution in [1.29, 1.82) is 0 Å². The van der Waals surface area contributed by atoms with Gasteiger partial charge in [-0.15, -0.1) is 0 Å². The number of amides is 2. The van der Waals surface area contributed by atoms with Crippen molar-refractivity contribution in [3.8, 4) is 16.9 Å². The topological polar surface area (TPSA) is 68.3 Å². The highest BCUT2D eigenvalue weighted by atomic mass is 35.5. The number of anilines is 1. The Balaban J connectivity index is 1.76. The number of hydrogen-bond acceptors (Lipinski definition) is 5. The number of rotatable bonds is 10. The Morgan fingerprint density at radius 2 is 1.65 bits per heavy atom. The Kier molecular flexibility index (Phi) is 10.9. The number of hydrogen-bond donors (Lipinski definition) is 0. The second kappa shape index (κ2) is 14.6. The SMILES string of the molecule is CCN(C(=O)C1=C(c2cccc(-c3ccccc3)c2)CCN(C(=O)OC(C)(C)C)C1)c1ccc(Cl)cc1OCCCOC. The summed E-state index contributed by atoms with van der Waals surface area (Å²) in [6.45, 7) is 9.38. The molecule has 0 unspecified atom stereocenters. The van der Waals surface area contributed by atoms with E-state index in [2.05, 4.69) is 24.3 Å². The molecule has 0 bridgehead atoms. The predicted molar refractivity (Wildman–Crippen MR) is 173 cm³/mol. The molecule has 0 fully saturated rings. The standard InChI is InChI=1S/C35H41ClN2O5/c1-6-38(31-17-16-28(36)23-32(31)42-21-11-20-41-5)33(39)30-24-37(34(40)43-35(2,3)4)19-18-29(30)27-15-10-14-26(22-27)25-12-8-7-9-13-25/h7-10,12-17,22-23H,6,11,18-21,24H2,1-5H3. The molecule has 0 spiro atoms. The van der Waals surface area contributed by atoms with Crippen molar-refractivity contribution < 1.29 is 23.8 Å². The van der Waals surface area contributed by atoms with Crippen LogP contribution in [-0.2, 0) is 14.3 Å². The van der Waals surface area contributed by atoms with Gasteiger partial charge in [-0.3, -0.25) is 4.79 Å². The Morgan fingerprint density at radius 1 is 0.930 bits per heavy atom. The lowest BCUT2D eigenvalue weighted by Gasteiger charge is -2.34. The predicted octanol–water partition coefficient (Wildman–Crippen LogP) is 7.87. The molecule has 0 saturated carbocycles. The molecule has 228 valence electrons. The van der Waals surface area contributed by atoms with Gasteiger partial charge in [-0.25, -0.2) is 4.79 Å². The van der Waals surface area contributed by atoms with E-state index in [1.807, 2.05) is 58.0 Å². The first-order valence-electron chi connectivity index (χ1n) is 14.7. The molecule has 0 radical (unpaired) electrons. The van der Waals surface area contributed by atoms with Gasteiger partial charge >= 0.3 is 6.09 Å². The van der Waals surface area contributed by atoms with Gasteiger partial charge in [0.25, 0.3) is 5.91 Å². The second-order valence-electron chi connectivity index (χ2n) is 11.4. The number of benzene rings is 3. The van der Waals surface area contributed by atoms with Gasteiger partial charge in [-0.2, -0.15) is 0 Å². The van der Waals surface area contributed by atoms with Crippen molar-refractivity contribution in [2.45, 2.75) is 46.1 Å². The first kappa shape index (κ1) is 32.1. The summed E-state index contributed by atoms with van der Waals surface area (Å²) in [4.78, 5) is 31.0. The van der Waals surface area contributed by atoms with Crippen LogP contribution in [0.3, 0.4) is 0 Å². The van der Waals surface area contributed by atoms with Crippen molar-refractivity contribution in [2.75, 3.05) is 44.9 Å². The maximum Gasteiger partial charge on any atom is 0.410 e. The van der Waals surface area contributed by atoms with Gasteiger partial charge in [-0.1, -0.05) is 60.1 Å². The zero-order valence-corrected chi connectivity index (χ0v) is 26.4. The number of halogens is 1. The van der Waals surface area contributed by atoms with Gasteiger partial charge in [0.05, 0.1) is 18.8 Å². The van der Waals surface area contributed by atoms with E-state index in [1.165, 1.54) is 0 Å². The quantitative estimate of drug-likeness (QED) is 0.220. The largest absolute Gasteiger partial charge is 0.491 e. The molecule has 4 rings (SSSR count). The Labute approximate surface area is 260 Å². The zero-order valence-electron chi connectivity index (χ0n) is 25.7. The van der Waals surface area contributed by atoms with Crippen molar-refractivity contribution in [1.82, 2.24) is 4.90 Å². The Bertz CT molecular complexity index is 1450. The number of likely N-dealkylation sites (N-methyl/N-ethyl adjacent to an activating group) is 1. The van der Waals surface area contributed by atoms with Crippen LogP contribution in [0.2, 0.25) is 5.02 Å². The Morgan fingerprint density at radius 3 is 2.35 bits per heavy atom. The minimum atomic E-state index is -0.650. The van der Waals surface area contributed by atoms with Crippen LogP contribution in [0.1, 0.15) is 46.1 Å².